The fourth-order valence-corrected chi connectivity index (χ4v) is 3.05. The summed E-state index contributed by atoms with van der Waals surface area (Å²) in [5, 5.41) is 11.7. The highest BCUT2D eigenvalue weighted by atomic mass is 16.6. The van der Waals surface area contributed by atoms with Gasteiger partial charge in [0.25, 0.3) is 0 Å². The number of amides is 3. The third-order valence-corrected chi connectivity index (χ3v) is 4.01. The molecule has 0 saturated carbocycles. The van der Waals surface area contributed by atoms with E-state index in [1.165, 1.54) is 0 Å². The molecule has 0 spiro atoms. The molecule has 2 N–H and O–H groups in total. The Labute approximate surface area is 165 Å². The molecule has 9 nitrogen and oxygen atoms in total. The van der Waals surface area contributed by atoms with Gasteiger partial charge in [-0.3, -0.25) is 4.79 Å². The van der Waals surface area contributed by atoms with E-state index in [9.17, 15) is 24.3 Å². The van der Waals surface area contributed by atoms with E-state index in [2.05, 4.69) is 5.32 Å². The molecule has 1 aliphatic heterocycles. The van der Waals surface area contributed by atoms with Crippen molar-refractivity contribution in [2.24, 2.45) is 5.92 Å². The minimum atomic E-state index is -1.32. The van der Waals surface area contributed by atoms with Crippen LogP contribution in [0.4, 0.5) is 9.59 Å². The van der Waals surface area contributed by atoms with Crippen molar-refractivity contribution >= 4 is 24.1 Å². The van der Waals surface area contributed by atoms with Crippen LogP contribution in [0.5, 0.6) is 0 Å². The number of nitrogens with zero attached hydrogens (tertiary/aromatic N) is 1. The number of rotatable bonds is 4. The maximum atomic E-state index is 12.8. The molecule has 0 aliphatic carbocycles. The quantitative estimate of drug-likeness (QED) is 0.744. The fraction of sp³-hybridized carbons (Fsp3) is 0.789. The third kappa shape index (κ3) is 6.69. The summed E-state index contributed by atoms with van der Waals surface area (Å²) < 4.78 is 10.4. The minimum Gasteiger partial charge on any atom is -0.480 e. The number of nitrogens with one attached hydrogen (secondary N) is 1. The van der Waals surface area contributed by atoms with Crippen LogP contribution in [0.2, 0.25) is 0 Å². The first-order valence-electron chi connectivity index (χ1n) is 9.22. The maximum Gasteiger partial charge on any atom is 0.417 e. The van der Waals surface area contributed by atoms with Gasteiger partial charge in [0.2, 0.25) is 5.91 Å². The molecule has 0 aromatic rings. The fourth-order valence-electron chi connectivity index (χ4n) is 3.05. The number of carboxylic acid groups (broad SMARTS) is 1. The molecule has 160 valence electrons. The summed E-state index contributed by atoms with van der Waals surface area (Å²) in [6, 6.07) is -1.32. The van der Waals surface area contributed by atoms with Gasteiger partial charge in [0.05, 0.1) is 0 Å². The first kappa shape index (κ1) is 23.7. The van der Waals surface area contributed by atoms with Crippen LogP contribution in [0.1, 0.15) is 68.2 Å². The lowest BCUT2D eigenvalue weighted by molar-refractivity contribution is -0.140. The summed E-state index contributed by atoms with van der Waals surface area (Å²) in [7, 11) is 0. The molecule has 2 atom stereocenters. The van der Waals surface area contributed by atoms with Crippen LogP contribution in [-0.2, 0) is 19.1 Å². The number of alkyl carbamates (subject to hydrolysis) is 1. The number of aliphatic carboxylic acids is 1. The Morgan fingerprint density at radius 3 is 2.07 bits per heavy atom. The Morgan fingerprint density at radius 1 is 1.14 bits per heavy atom. The summed E-state index contributed by atoms with van der Waals surface area (Å²) in [6.45, 7) is 13.5. The van der Waals surface area contributed by atoms with Crippen molar-refractivity contribution in [1.82, 2.24) is 10.2 Å². The second kappa shape index (κ2) is 7.97. The van der Waals surface area contributed by atoms with Gasteiger partial charge in [0.1, 0.15) is 17.2 Å². The van der Waals surface area contributed by atoms with Gasteiger partial charge in [-0.2, -0.15) is 0 Å². The lowest BCUT2D eigenvalue weighted by atomic mass is 9.91. The average Bonchev–Trinajstić information content (AvgIpc) is 2.62. The number of likely N-dealkylation sites (tertiary alicyclic amines) is 1. The predicted molar refractivity (Wildman–Crippen MR) is 101 cm³/mol. The lowest BCUT2D eigenvalue weighted by Crippen LogP contribution is -2.48. The Morgan fingerprint density at radius 2 is 1.64 bits per heavy atom. The van der Waals surface area contributed by atoms with Gasteiger partial charge in [-0.15, -0.1) is 0 Å². The van der Waals surface area contributed by atoms with Gasteiger partial charge in [-0.25, -0.2) is 19.3 Å². The Hall–Kier alpha value is -2.32. The van der Waals surface area contributed by atoms with E-state index in [1.807, 2.05) is 0 Å². The van der Waals surface area contributed by atoms with Gasteiger partial charge < -0.3 is 19.9 Å². The number of ether oxygens (including phenoxy) is 2. The highest BCUT2D eigenvalue weighted by Gasteiger charge is 2.50. The molecule has 28 heavy (non-hydrogen) atoms. The summed E-state index contributed by atoms with van der Waals surface area (Å²) in [6.07, 6.45) is -1.55. The number of carbonyl (C=O) groups excluding carboxylic acids is 3. The van der Waals surface area contributed by atoms with Gasteiger partial charge >= 0.3 is 18.2 Å². The Kier molecular flexibility index (Phi) is 6.75. The molecule has 0 aromatic heterocycles. The largest absolute Gasteiger partial charge is 0.480 e. The normalized spacial score (nSPS) is 20.5. The topological polar surface area (TPSA) is 122 Å². The molecular weight excluding hydrogens is 368 g/mol. The second-order valence-corrected chi connectivity index (χ2v) is 9.64. The SMILES string of the molecule is CC(C)(C)OC(=O)N[C@@H](C[C@@H]1CC(C)(C)N(C(=O)OC(C)(C)C)C1=O)C(=O)O. The molecule has 1 fully saturated rings. The van der Waals surface area contributed by atoms with Crippen LogP contribution in [0, 0.1) is 5.92 Å². The summed E-state index contributed by atoms with van der Waals surface area (Å²) in [4.78, 5) is 49.8. The molecule has 1 saturated heterocycles. The summed E-state index contributed by atoms with van der Waals surface area (Å²) >= 11 is 0. The van der Waals surface area contributed by atoms with Crippen LogP contribution in [0.25, 0.3) is 0 Å². The van der Waals surface area contributed by atoms with E-state index in [0.29, 0.717) is 0 Å². The highest BCUT2D eigenvalue weighted by molar-refractivity contribution is 5.96. The number of carboxylic acids is 1. The van der Waals surface area contributed by atoms with E-state index >= 15 is 0 Å². The van der Waals surface area contributed by atoms with E-state index in [-0.39, 0.29) is 12.8 Å². The number of hydrogen-bond donors (Lipinski definition) is 2. The van der Waals surface area contributed by atoms with Gasteiger partial charge in [0, 0.05) is 11.5 Å². The maximum absolute atomic E-state index is 12.8. The average molecular weight is 400 g/mol. The second-order valence-electron chi connectivity index (χ2n) is 9.64. The van der Waals surface area contributed by atoms with Gasteiger partial charge in [0.15, 0.2) is 0 Å². The Bertz CT molecular complexity index is 644. The van der Waals surface area contributed by atoms with Crippen molar-refractivity contribution in [2.75, 3.05) is 0 Å². The van der Waals surface area contributed by atoms with Crippen LogP contribution in [-0.4, -0.2) is 56.9 Å². The Balaban J connectivity index is 2.92. The minimum absolute atomic E-state index is 0.157. The summed E-state index contributed by atoms with van der Waals surface area (Å²) in [5.74, 6) is -2.55. The van der Waals surface area contributed by atoms with Gasteiger partial charge in [-0.05, 0) is 68.2 Å². The molecule has 3 amide bonds. The zero-order chi connectivity index (χ0) is 22.1. The van der Waals surface area contributed by atoms with E-state index in [0.717, 1.165) is 4.90 Å². The van der Waals surface area contributed by atoms with Crippen molar-refractivity contribution in [2.45, 2.75) is 91.0 Å². The molecular formula is C19H32N2O7. The van der Waals surface area contributed by atoms with Crippen LogP contribution in [0.15, 0.2) is 0 Å². The molecule has 1 heterocycles. The predicted octanol–water partition coefficient (Wildman–Crippen LogP) is 2.92. The molecule has 9 heteroatoms. The zero-order valence-electron chi connectivity index (χ0n) is 17.9. The number of hydrogen-bond acceptors (Lipinski definition) is 6. The molecule has 0 bridgehead atoms. The molecule has 1 aliphatic rings. The zero-order valence-corrected chi connectivity index (χ0v) is 17.9. The monoisotopic (exact) mass is 400 g/mol. The lowest BCUT2D eigenvalue weighted by Gasteiger charge is -2.31. The highest BCUT2D eigenvalue weighted by Crippen LogP contribution is 2.37. The van der Waals surface area contributed by atoms with Crippen molar-refractivity contribution in [3.63, 3.8) is 0 Å². The molecule has 0 aromatic carbocycles. The number of imide groups is 1. The van der Waals surface area contributed by atoms with Crippen molar-refractivity contribution in [3.8, 4) is 0 Å². The molecule has 0 unspecified atom stereocenters. The molecule has 1 rings (SSSR count). The smallest absolute Gasteiger partial charge is 0.417 e. The van der Waals surface area contributed by atoms with E-state index in [4.69, 9.17) is 9.47 Å². The van der Waals surface area contributed by atoms with Crippen molar-refractivity contribution < 1.29 is 33.8 Å². The van der Waals surface area contributed by atoms with Crippen LogP contribution < -0.4 is 5.32 Å². The standard InChI is InChI=1S/C19H32N2O7/c1-17(2,3)27-15(25)20-12(14(23)24)9-11-10-19(7,8)21(13(11)22)16(26)28-18(4,5)6/h11-12H,9-10H2,1-8H3,(H,20,25)(H,23,24)/t11-,12+/m1/s1. The van der Waals surface area contributed by atoms with Crippen LogP contribution >= 0.6 is 0 Å². The first-order valence-corrected chi connectivity index (χ1v) is 9.22. The van der Waals surface area contributed by atoms with Gasteiger partial charge in [-0.1, -0.05) is 0 Å². The number of carbonyl (C=O) groups is 4. The summed E-state index contributed by atoms with van der Waals surface area (Å²) in [5.41, 5.74) is -2.39. The van der Waals surface area contributed by atoms with Crippen LogP contribution in [0.3, 0.4) is 0 Å². The van der Waals surface area contributed by atoms with E-state index in [1.54, 1.807) is 55.4 Å². The van der Waals surface area contributed by atoms with Crippen molar-refractivity contribution in [1.29, 1.82) is 0 Å². The van der Waals surface area contributed by atoms with Crippen molar-refractivity contribution in [3.05, 3.63) is 0 Å². The first-order chi connectivity index (χ1) is 12.4. The third-order valence-electron chi connectivity index (χ3n) is 4.01. The molecule has 0 radical (unpaired) electrons. The van der Waals surface area contributed by atoms with E-state index < -0.39 is 52.8 Å².